The molecule has 0 aromatic rings. The number of nitrogens with zero attached hydrogens (tertiary/aromatic N) is 2. The number of nitrogens with two attached hydrogens (primary N) is 1. The fraction of sp³-hybridized carbons (Fsp3) is 0.933. The van der Waals surface area contributed by atoms with Crippen molar-refractivity contribution in [3.8, 4) is 0 Å². The van der Waals surface area contributed by atoms with Crippen LogP contribution in [0.1, 0.15) is 33.1 Å². The summed E-state index contributed by atoms with van der Waals surface area (Å²) >= 11 is 0. The highest BCUT2D eigenvalue weighted by Crippen LogP contribution is 2.15. The van der Waals surface area contributed by atoms with Crippen LogP contribution in [0.15, 0.2) is 0 Å². The minimum atomic E-state index is -0.0836. The summed E-state index contributed by atoms with van der Waals surface area (Å²) in [4.78, 5) is 16.8. The van der Waals surface area contributed by atoms with Crippen LogP contribution in [-0.4, -0.2) is 67.2 Å². The Kier molecular flexibility index (Phi) is 5.81. The largest absolute Gasteiger partial charge is 0.377 e. The molecule has 0 aliphatic carbocycles. The number of ether oxygens (including phenoxy) is 1. The molecule has 0 bridgehead atoms. The van der Waals surface area contributed by atoms with E-state index in [2.05, 4.69) is 4.90 Å². The molecule has 5 nitrogen and oxygen atoms in total. The van der Waals surface area contributed by atoms with E-state index in [1.165, 1.54) is 12.8 Å². The second-order valence-electron chi connectivity index (χ2n) is 6.26. The monoisotopic (exact) mass is 283 g/mol. The molecule has 2 aliphatic heterocycles. The third kappa shape index (κ3) is 4.17. The van der Waals surface area contributed by atoms with Crippen molar-refractivity contribution in [1.29, 1.82) is 0 Å². The van der Waals surface area contributed by atoms with Crippen molar-refractivity contribution in [2.24, 2.45) is 11.7 Å². The molecule has 5 heteroatoms. The lowest BCUT2D eigenvalue weighted by Crippen LogP contribution is -2.43. The lowest BCUT2D eigenvalue weighted by molar-refractivity contribution is -0.135. The molecule has 0 aromatic heterocycles. The molecular weight excluding hydrogens is 254 g/mol. The van der Waals surface area contributed by atoms with Crippen LogP contribution in [-0.2, 0) is 9.53 Å². The Labute approximate surface area is 122 Å². The molecule has 3 atom stereocenters. The third-order valence-corrected chi connectivity index (χ3v) is 4.56. The van der Waals surface area contributed by atoms with Crippen molar-refractivity contribution in [2.45, 2.75) is 45.3 Å². The first-order valence-electron chi connectivity index (χ1n) is 7.96. The molecule has 0 radical (unpaired) electrons. The first-order valence-corrected chi connectivity index (χ1v) is 7.96. The second kappa shape index (κ2) is 7.38. The van der Waals surface area contributed by atoms with Gasteiger partial charge in [0.05, 0.1) is 12.0 Å². The van der Waals surface area contributed by atoms with Crippen molar-refractivity contribution >= 4 is 5.91 Å². The maximum Gasteiger partial charge on any atom is 0.226 e. The van der Waals surface area contributed by atoms with Crippen molar-refractivity contribution in [3.63, 3.8) is 0 Å². The number of hydrogen-bond donors (Lipinski definition) is 1. The van der Waals surface area contributed by atoms with Gasteiger partial charge in [0, 0.05) is 38.8 Å². The van der Waals surface area contributed by atoms with Gasteiger partial charge in [0.15, 0.2) is 0 Å². The number of hydrogen-bond acceptors (Lipinski definition) is 4. The summed E-state index contributed by atoms with van der Waals surface area (Å²) in [5.41, 5.74) is 5.84. The molecule has 2 aliphatic rings. The Morgan fingerprint density at radius 1 is 1.25 bits per heavy atom. The maximum absolute atomic E-state index is 12.3. The minimum Gasteiger partial charge on any atom is -0.377 e. The van der Waals surface area contributed by atoms with Crippen molar-refractivity contribution < 1.29 is 9.53 Å². The zero-order valence-electron chi connectivity index (χ0n) is 12.9. The lowest BCUT2D eigenvalue weighted by atomic mass is 10.0. The zero-order valence-corrected chi connectivity index (χ0v) is 12.9. The van der Waals surface area contributed by atoms with E-state index in [4.69, 9.17) is 10.5 Å². The molecule has 20 heavy (non-hydrogen) atoms. The summed E-state index contributed by atoms with van der Waals surface area (Å²) < 4.78 is 5.70. The molecule has 2 heterocycles. The molecule has 0 saturated carbocycles. The molecule has 0 spiro atoms. The Hall–Kier alpha value is -0.650. The number of rotatable bonds is 4. The zero-order chi connectivity index (χ0) is 14.5. The van der Waals surface area contributed by atoms with Crippen molar-refractivity contribution in [3.05, 3.63) is 0 Å². The van der Waals surface area contributed by atoms with E-state index in [1.807, 2.05) is 18.7 Å². The maximum atomic E-state index is 12.3. The Morgan fingerprint density at radius 3 is 2.70 bits per heavy atom. The fourth-order valence-corrected chi connectivity index (χ4v) is 2.96. The quantitative estimate of drug-likeness (QED) is 0.824. The van der Waals surface area contributed by atoms with E-state index in [1.54, 1.807) is 0 Å². The average Bonchev–Trinajstić information content (AvgIpc) is 2.82. The van der Waals surface area contributed by atoms with Gasteiger partial charge in [0.2, 0.25) is 5.91 Å². The molecule has 2 N–H and O–H groups in total. The molecule has 116 valence electrons. The average molecular weight is 283 g/mol. The van der Waals surface area contributed by atoms with E-state index in [-0.39, 0.29) is 17.9 Å². The minimum absolute atomic E-state index is 0.0752. The summed E-state index contributed by atoms with van der Waals surface area (Å²) in [5, 5.41) is 0. The van der Waals surface area contributed by atoms with Gasteiger partial charge >= 0.3 is 0 Å². The summed E-state index contributed by atoms with van der Waals surface area (Å²) in [7, 11) is 0. The number of carbonyl (C=O) groups excluding carboxylic acids is 1. The van der Waals surface area contributed by atoms with Crippen LogP contribution >= 0.6 is 0 Å². The number of carbonyl (C=O) groups is 1. The van der Waals surface area contributed by atoms with Gasteiger partial charge in [-0.3, -0.25) is 9.69 Å². The third-order valence-electron chi connectivity index (χ3n) is 4.56. The van der Waals surface area contributed by atoms with E-state index in [0.29, 0.717) is 6.10 Å². The highest BCUT2D eigenvalue weighted by Gasteiger charge is 2.26. The van der Waals surface area contributed by atoms with Crippen molar-refractivity contribution in [1.82, 2.24) is 9.80 Å². The summed E-state index contributed by atoms with van der Waals surface area (Å²) in [5.74, 6) is 0.124. The first kappa shape index (κ1) is 15.7. The molecule has 3 unspecified atom stereocenters. The Balaban J connectivity index is 1.80. The lowest BCUT2D eigenvalue weighted by Gasteiger charge is -2.26. The van der Waals surface area contributed by atoms with Gasteiger partial charge in [-0.2, -0.15) is 0 Å². The SMILES string of the molecule is CC(N)C(C)C(=O)N1CCCN(CC2CCCO2)CC1. The van der Waals surface area contributed by atoms with Crippen LogP contribution < -0.4 is 5.73 Å². The van der Waals surface area contributed by atoms with Crippen LogP contribution in [0.3, 0.4) is 0 Å². The van der Waals surface area contributed by atoms with Gasteiger partial charge in [-0.05, 0) is 32.7 Å². The molecule has 2 fully saturated rings. The van der Waals surface area contributed by atoms with E-state index in [0.717, 1.165) is 45.8 Å². The predicted molar refractivity (Wildman–Crippen MR) is 79.4 cm³/mol. The van der Waals surface area contributed by atoms with Gasteiger partial charge in [-0.15, -0.1) is 0 Å². The van der Waals surface area contributed by atoms with E-state index in [9.17, 15) is 4.79 Å². The molecule has 1 amide bonds. The van der Waals surface area contributed by atoms with Gasteiger partial charge in [0.1, 0.15) is 0 Å². The summed E-state index contributed by atoms with van der Waals surface area (Å²) in [6.45, 7) is 9.47. The highest BCUT2D eigenvalue weighted by molar-refractivity contribution is 5.79. The van der Waals surface area contributed by atoms with Crippen LogP contribution in [0.5, 0.6) is 0 Å². The fourth-order valence-electron chi connectivity index (χ4n) is 2.96. The summed E-state index contributed by atoms with van der Waals surface area (Å²) in [6.07, 6.45) is 3.82. The van der Waals surface area contributed by atoms with Crippen LogP contribution in [0.4, 0.5) is 0 Å². The molecular formula is C15H29N3O2. The van der Waals surface area contributed by atoms with Crippen LogP contribution in [0.25, 0.3) is 0 Å². The first-order chi connectivity index (χ1) is 9.58. The van der Waals surface area contributed by atoms with Gasteiger partial charge in [0.25, 0.3) is 0 Å². The number of amides is 1. The summed E-state index contributed by atoms with van der Waals surface area (Å²) in [6, 6.07) is -0.0752. The standard InChI is InChI=1S/C15H29N3O2/c1-12(13(2)16)15(19)18-7-4-6-17(8-9-18)11-14-5-3-10-20-14/h12-14H,3-11,16H2,1-2H3. The smallest absolute Gasteiger partial charge is 0.226 e. The topological polar surface area (TPSA) is 58.8 Å². The molecule has 2 saturated heterocycles. The highest BCUT2D eigenvalue weighted by atomic mass is 16.5. The Morgan fingerprint density at radius 2 is 2.05 bits per heavy atom. The Bertz CT molecular complexity index is 316. The molecule has 2 rings (SSSR count). The predicted octanol–water partition coefficient (Wildman–Crippen LogP) is 0.683. The molecule has 0 aromatic carbocycles. The second-order valence-corrected chi connectivity index (χ2v) is 6.26. The van der Waals surface area contributed by atoms with Gasteiger partial charge in [-0.1, -0.05) is 6.92 Å². The van der Waals surface area contributed by atoms with E-state index >= 15 is 0 Å². The normalized spacial score (nSPS) is 28.1. The van der Waals surface area contributed by atoms with E-state index < -0.39 is 0 Å². The van der Waals surface area contributed by atoms with Gasteiger partial charge < -0.3 is 15.4 Å². The van der Waals surface area contributed by atoms with Crippen LogP contribution in [0, 0.1) is 5.92 Å². The van der Waals surface area contributed by atoms with Gasteiger partial charge in [-0.25, -0.2) is 0 Å². The van der Waals surface area contributed by atoms with Crippen LogP contribution in [0.2, 0.25) is 0 Å². The van der Waals surface area contributed by atoms with Crippen molar-refractivity contribution in [2.75, 3.05) is 39.3 Å².